The predicted molar refractivity (Wildman–Crippen MR) is 63.6 cm³/mol. The van der Waals surface area contributed by atoms with E-state index in [1.54, 1.807) is 0 Å². The van der Waals surface area contributed by atoms with Crippen molar-refractivity contribution >= 4 is 23.4 Å². The molecule has 0 bridgehead atoms. The molecule has 0 amide bonds. The molecule has 1 aromatic rings. The van der Waals surface area contributed by atoms with Crippen molar-refractivity contribution in [2.75, 3.05) is 24.6 Å². The molecule has 0 radical (unpaired) electrons. The van der Waals surface area contributed by atoms with Crippen molar-refractivity contribution in [3.63, 3.8) is 0 Å². The van der Waals surface area contributed by atoms with E-state index in [1.807, 2.05) is 4.90 Å². The summed E-state index contributed by atoms with van der Waals surface area (Å²) in [5.74, 6) is -0.208. The number of hydrogen-bond acceptors (Lipinski definition) is 4. The summed E-state index contributed by atoms with van der Waals surface area (Å²) in [5, 5.41) is 18.2. The van der Waals surface area contributed by atoms with Crippen LogP contribution in [0.25, 0.3) is 0 Å². The van der Waals surface area contributed by atoms with Crippen molar-refractivity contribution < 1.29 is 15.0 Å². The van der Waals surface area contributed by atoms with Crippen molar-refractivity contribution in [3.8, 4) is 0 Å². The van der Waals surface area contributed by atoms with Gasteiger partial charge in [0.2, 0.25) is 0 Å². The first-order valence-electron chi connectivity index (χ1n) is 5.36. The highest BCUT2D eigenvalue weighted by Crippen LogP contribution is 2.28. The van der Waals surface area contributed by atoms with Gasteiger partial charge in [0.15, 0.2) is 0 Å². The lowest BCUT2D eigenvalue weighted by Gasteiger charge is -2.18. The van der Waals surface area contributed by atoms with Crippen LogP contribution in [0.3, 0.4) is 0 Å². The molecule has 6 heteroatoms. The minimum atomic E-state index is -1.04. The summed E-state index contributed by atoms with van der Waals surface area (Å²) in [5.41, 5.74) is 0.0802. The molecule has 1 aliphatic heterocycles. The maximum Gasteiger partial charge on any atom is 0.337 e. The number of aromatic nitrogens is 1. The van der Waals surface area contributed by atoms with Crippen LogP contribution in [0.1, 0.15) is 16.8 Å². The number of pyridine rings is 1. The highest BCUT2D eigenvalue weighted by Gasteiger charge is 2.24. The van der Waals surface area contributed by atoms with Crippen LogP contribution in [0.2, 0.25) is 5.02 Å². The van der Waals surface area contributed by atoms with Crippen LogP contribution in [0.5, 0.6) is 0 Å². The van der Waals surface area contributed by atoms with Gasteiger partial charge in [-0.3, -0.25) is 0 Å². The van der Waals surface area contributed by atoms with Crippen LogP contribution in [0.4, 0.5) is 5.82 Å². The van der Waals surface area contributed by atoms with E-state index in [1.165, 1.54) is 12.3 Å². The number of halogens is 1. The zero-order valence-electron chi connectivity index (χ0n) is 9.14. The standard InChI is InChI=1S/C11H13ClN2O3/c12-9-3-8(11(16)17)4-13-10(9)14-2-1-7(5-14)6-15/h3-4,7,15H,1-2,5-6H2,(H,16,17). The lowest BCUT2D eigenvalue weighted by atomic mass is 10.1. The Morgan fingerprint density at radius 1 is 1.65 bits per heavy atom. The number of rotatable bonds is 3. The monoisotopic (exact) mass is 256 g/mol. The van der Waals surface area contributed by atoms with Gasteiger partial charge in [-0.15, -0.1) is 0 Å². The lowest BCUT2D eigenvalue weighted by molar-refractivity contribution is 0.0696. The Morgan fingerprint density at radius 2 is 2.41 bits per heavy atom. The normalized spacial score (nSPS) is 19.6. The lowest BCUT2D eigenvalue weighted by Crippen LogP contribution is -2.22. The minimum absolute atomic E-state index is 0.0802. The van der Waals surface area contributed by atoms with Crippen LogP contribution in [0, 0.1) is 5.92 Å². The molecule has 1 aromatic heterocycles. The first kappa shape index (κ1) is 12.1. The van der Waals surface area contributed by atoms with Gasteiger partial charge >= 0.3 is 5.97 Å². The SMILES string of the molecule is O=C(O)c1cnc(N2CCC(CO)C2)c(Cl)c1. The Balaban J connectivity index is 2.20. The highest BCUT2D eigenvalue weighted by molar-refractivity contribution is 6.33. The summed E-state index contributed by atoms with van der Waals surface area (Å²) < 4.78 is 0. The maximum absolute atomic E-state index is 10.7. The fourth-order valence-corrected chi connectivity index (χ4v) is 2.24. The molecule has 0 spiro atoms. The molecule has 1 saturated heterocycles. The van der Waals surface area contributed by atoms with Crippen LogP contribution in [-0.4, -0.2) is 40.9 Å². The minimum Gasteiger partial charge on any atom is -0.478 e. The molecule has 2 heterocycles. The number of aromatic carboxylic acids is 1. The maximum atomic E-state index is 10.7. The van der Waals surface area contributed by atoms with Crippen molar-refractivity contribution in [1.29, 1.82) is 0 Å². The first-order chi connectivity index (χ1) is 8.11. The third-order valence-corrected chi connectivity index (χ3v) is 3.19. The Morgan fingerprint density at radius 3 is 2.94 bits per heavy atom. The molecule has 17 heavy (non-hydrogen) atoms. The average Bonchev–Trinajstić information content (AvgIpc) is 2.77. The third kappa shape index (κ3) is 2.50. The quantitative estimate of drug-likeness (QED) is 0.852. The number of aliphatic hydroxyl groups is 1. The van der Waals surface area contributed by atoms with E-state index in [-0.39, 0.29) is 18.1 Å². The summed E-state index contributed by atoms with van der Waals surface area (Å²) in [6.45, 7) is 1.64. The Hall–Kier alpha value is -1.33. The van der Waals surface area contributed by atoms with E-state index in [9.17, 15) is 4.79 Å². The molecule has 0 aliphatic carbocycles. The average molecular weight is 257 g/mol. The Labute approximate surface area is 104 Å². The first-order valence-corrected chi connectivity index (χ1v) is 5.74. The van der Waals surface area contributed by atoms with Gasteiger partial charge in [-0.1, -0.05) is 11.6 Å². The summed E-state index contributed by atoms with van der Waals surface area (Å²) >= 11 is 6.01. The zero-order chi connectivity index (χ0) is 12.4. The van der Waals surface area contributed by atoms with E-state index in [0.717, 1.165) is 13.0 Å². The number of anilines is 1. The van der Waals surface area contributed by atoms with Crippen LogP contribution >= 0.6 is 11.6 Å². The highest BCUT2D eigenvalue weighted by atomic mass is 35.5. The summed E-state index contributed by atoms with van der Waals surface area (Å²) in [6.07, 6.45) is 2.20. The van der Waals surface area contributed by atoms with Crippen LogP contribution < -0.4 is 4.90 Å². The molecule has 2 N–H and O–H groups in total. The van der Waals surface area contributed by atoms with Crippen molar-refractivity contribution in [2.24, 2.45) is 5.92 Å². The molecule has 2 rings (SSSR count). The van der Waals surface area contributed by atoms with E-state index in [4.69, 9.17) is 21.8 Å². The molecule has 1 fully saturated rings. The van der Waals surface area contributed by atoms with E-state index < -0.39 is 5.97 Å². The number of carbonyl (C=O) groups is 1. The van der Waals surface area contributed by atoms with Crippen molar-refractivity contribution in [3.05, 3.63) is 22.8 Å². The molecule has 1 aliphatic rings. The number of aliphatic hydroxyl groups excluding tert-OH is 1. The molecular formula is C11H13ClN2O3. The fourth-order valence-electron chi connectivity index (χ4n) is 1.95. The molecule has 5 nitrogen and oxygen atoms in total. The summed E-state index contributed by atoms with van der Waals surface area (Å²) in [7, 11) is 0. The Kier molecular flexibility index (Phi) is 3.49. The van der Waals surface area contributed by atoms with Crippen LogP contribution in [0.15, 0.2) is 12.3 Å². The number of nitrogens with zero attached hydrogens (tertiary/aromatic N) is 2. The van der Waals surface area contributed by atoms with E-state index in [0.29, 0.717) is 17.4 Å². The second kappa shape index (κ2) is 4.89. The zero-order valence-corrected chi connectivity index (χ0v) is 9.89. The molecule has 0 aromatic carbocycles. The Bertz CT molecular complexity index is 439. The van der Waals surface area contributed by atoms with E-state index in [2.05, 4.69) is 4.98 Å². The van der Waals surface area contributed by atoms with Gasteiger partial charge in [0.05, 0.1) is 10.6 Å². The van der Waals surface area contributed by atoms with Gasteiger partial charge in [0.25, 0.3) is 0 Å². The fraction of sp³-hybridized carbons (Fsp3) is 0.455. The van der Waals surface area contributed by atoms with Crippen LogP contribution in [-0.2, 0) is 0 Å². The molecule has 1 unspecified atom stereocenters. The predicted octanol–water partition coefficient (Wildman–Crippen LogP) is 1.25. The summed E-state index contributed by atoms with van der Waals surface area (Å²) in [6, 6.07) is 1.40. The topological polar surface area (TPSA) is 73.7 Å². The molecular weight excluding hydrogens is 244 g/mol. The van der Waals surface area contributed by atoms with Gasteiger partial charge in [0, 0.05) is 31.8 Å². The smallest absolute Gasteiger partial charge is 0.337 e. The van der Waals surface area contributed by atoms with Gasteiger partial charge in [-0.25, -0.2) is 9.78 Å². The molecule has 1 atom stereocenters. The largest absolute Gasteiger partial charge is 0.478 e. The van der Waals surface area contributed by atoms with Crippen molar-refractivity contribution in [2.45, 2.75) is 6.42 Å². The molecule has 0 saturated carbocycles. The number of hydrogen-bond donors (Lipinski definition) is 2. The molecule has 92 valence electrons. The third-order valence-electron chi connectivity index (χ3n) is 2.91. The van der Waals surface area contributed by atoms with E-state index >= 15 is 0 Å². The second-order valence-corrected chi connectivity index (χ2v) is 4.53. The number of carboxylic acids is 1. The summed E-state index contributed by atoms with van der Waals surface area (Å²) in [4.78, 5) is 16.8. The number of carboxylic acid groups (broad SMARTS) is 1. The van der Waals surface area contributed by atoms with Gasteiger partial charge in [0.1, 0.15) is 5.82 Å². The van der Waals surface area contributed by atoms with Gasteiger partial charge in [-0.2, -0.15) is 0 Å². The second-order valence-electron chi connectivity index (χ2n) is 4.12. The van der Waals surface area contributed by atoms with Crippen molar-refractivity contribution in [1.82, 2.24) is 4.98 Å². The van der Waals surface area contributed by atoms with Gasteiger partial charge < -0.3 is 15.1 Å². The van der Waals surface area contributed by atoms with Gasteiger partial charge in [-0.05, 0) is 12.5 Å².